The second-order valence-corrected chi connectivity index (χ2v) is 10.2. The summed E-state index contributed by atoms with van der Waals surface area (Å²) in [6.07, 6.45) is 2.89. The molecule has 5 rings (SSSR count). The van der Waals surface area contributed by atoms with Crippen LogP contribution in [0.15, 0.2) is 30.6 Å². The van der Waals surface area contributed by atoms with E-state index in [2.05, 4.69) is 47.9 Å². The van der Waals surface area contributed by atoms with E-state index in [0.717, 1.165) is 21.9 Å². The first-order chi connectivity index (χ1) is 16.6. The number of hydrogen-bond acceptors (Lipinski definition) is 7. The summed E-state index contributed by atoms with van der Waals surface area (Å²) in [7, 11) is 1.88. The number of anilines is 1. The van der Waals surface area contributed by atoms with Crippen molar-refractivity contribution in [3.8, 4) is 22.6 Å². The van der Waals surface area contributed by atoms with Gasteiger partial charge in [-0.05, 0) is 30.9 Å². The lowest BCUT2D eigenvalue weighted by molar-refractivity contribution is 0.0985. The van der Waals surface area contributed by atoms with E-state index in [4.69, 9.17) is 9.72 Å². The van der Waals surface area contributed by atoms with Gasteiger partial charge in [0.05, 0.1) is 53.8 Å². The Morgan fingerprint density at radius 2 is 2.00 bits per heavy atom. The monoisotopic (exact) mass is 478 g/mol. The third-order valence-electron chi connectivity index (χ3n) is 6.13. The smallest absolute Gasteiger partial charge is 0.432 e. The fraction of sp³-hybridized carbons (Fsp3) is 0.458. The van der Waals surface area contributed by atoms with E-state index in [1.165, 1.54) is 0 Å². The Kier molecular flexibility index (Phi) is 5.59. The van der Waals surface area contributed by atoms with Crippen LogP contribution in [0.2, 0.25) is 0 Å². The maximum Gasteiger partial charge on any atom is 0.432 e. The molecule has 1 N–H and O–H groups in total. The zero-order valence-electron chi connectivity index (χ0n) is 20.6. The molecule has 4 aromatic heterocycles. The van der Waals surface area contributed by atoms with Gasteiger partial charge in [0.25, 0.3) is 0 Å². The number of carbonyl (C=O) groups is 1. The summed E-state index contributed by atoms with van der Waals surface area (Å²) in [6.45, 7) is 10.3. The van der Waals surface area contributed by atoms with Crippen LogP contribution in [0.4, 0.5) is 10.6 Å². The first-order valence-electron chi connectivity index (χ1n) is 11.7. The standard InChI is InChI=1S/C24H30N8O3/c1-15-14-35-9-8-30(15)21-11-20(18-6-7-25-29(18)5)31-22(27-21)17(13-26-31)19-10-16(12-24(2,3)4)28-32(19)23(33)34/h6-7,10-11,13,15H,8-9,12,14H2,1-5H3,(H,33,34)/t15-/m1/s1. The normalized spacial score (nSPS) is 16.8. The highest BCUT2D eigenvalue weighted by Gasteiger charge is 2.26. The van der Waals surface area contributed by atoms with Crippen molar-refractivity contribution in [3.05, 3.63) is 36.3 Å². The molecule has 35 heavy (non-hydrogen) atoms. The zero-order chi connectivity index (χ0) is 24.9. The molecule has 11 heteroatoms. The largest absolute Gasteiger partial charge is 0.463 e. The van der Waals surface area contributed by atoms with Crippen molar-refractivity contribution in [1.82, 2.24) is 34.2 Å². The molecule has 0 aliphatic carbocycles. The molecular formula is C24H30N8O3. The van der Waals surface area contributed by atoms with E-state index in [1.807, 2.05) is 25.2 Å². The topological polar surface area (TPSA) is 116 Å². The molecular weight excluding hydrogens is 448 g/mol. The van der Waals surface area contributed by atoms with Crippen LogP contribution >= 0.6 is 0 Å². The molecule has 4 aromatic rings. The number of carboxylic acid groups (broad SMARTS) is 1. The van der Waals surface area contributed by atoms with Crippen LogP contribution in [0, 0.1) is 5.41 Å². The van der Waals surface area contributed by atoms with Gasteiger partial charge in [-0.2, -0.15) is 20.0 Å². The van der Waals surface area contributed by atoms with Gasteiger partial charge >= 0.3 is 6.09 Å². The highest BCUT2D eigenvalue weighted by molar-refractivity contribution is 5.83. The predicted octanol–water partition coefficient (Wildman–Crippen LogP) is 3.33. The summed E-state index contributed by atoms with van der Waals surface area (Å²) >= 11 is 0. The van der Waals surface area contributed by atoms with Crippen molar-refractivity contribution in [2.24, 2.45) is 12.5 Å². The Morgan fingerprint density at radius 3 is 2.66 bits per heavy atom. The highest BCUT2D eigenvalue weighted by atomic mass is 16.5. The number of aromatic nitrogens is 7. The van der Waals surface area contributed by atoms with Gasteiger partial charge in [-0.1, -0.05) is 20.8 Å². The molecule has 0 aromatic carbocycles. The quantitative estimate of drug-likeness (QED) is 0.475. The number of nitrogens with zero attached hydrogens (tertiary/aromatic N) is 8. The lowest BCUT2D eigenvalue weighted by atomic mass is 9.90. The van der Waals surface area contributed by atoms with E-state index in [9.17, 15) is 9.90 Å². The Labute approximate surface area is 202 Å². The molecule has 0 radical (unpaired) electrons. The number of hydrogen-bond donors (Lipinski definition) is 1. The van der Waals surface area contributed by atoms with Crippen molar-refractivity contribution in [3.63, 3.8) is 0 Å². The number of ether oxygens (including phenoxy) is 1. The predicted molar refractivity (Wildman–Crippen MR) is 131 cm³/mol. The van der Waals surface area contributed by atoms with Gasteiger partial charge in [-0.15, -0.1) is 0 Å². The Hall–Kier alpha value is -3.73. The van der Waals surface area contributed by atoms with Crippen LogP contribution in [-0.2, 0) is 18.2 Å². The van der Waals surface area contributed by atoms with Gasteiger partial charge in [0.15, 0.2) is 5.65 Å². The summed E-state index contributed by atoms with van der Waals surface area (Å²) in [6, 6.07) is 5.90. The Morgan fingerprint density at radius 1 is 1.20 bits per heavy atom. The van der Waals surface area contributed by atoms with Crippen molar-refractivity contribution < 1.29 is 14.6 Å². The summed E-state index contributed by atoms with van der Waals surface area (Å²) in [5, 5.41) is 23.2. The summed E-state index contributed by atoms with van der Waals surface area (Å²) in [5.74, 6) is 0.780. The molecule has 0 bridgehead atoms. The summed E-state index contributed by atoms with van der Waals surface area (Å²) < 4.78 is 10.2. The van der Waals surface area contributed by atoms with Crippen LogP contribution in [0.25, 0.3) is 28.3 Å². The molecule has 5 heterocycles. The minimum atomic E-state index is -1.15. The summed E-state index contributed by atoms with van der Waals surface area (Å²) in [5.41, 5.74) is 3.95. The van der Waals surface area contributed by atoms with Crippen LogP contribution in [0.5, 0.6) is 0 Å². The average molecular weight is 479 g/mol. The number of morpholine rings is 1. The lowest BCUT2D eigenvalue weighted by Crippen LogP contribution is -2.44. The van der Waals surface area contributed by atoms with Gasteiger partial charge in [-0.25, -0.2) is 14.3 Å². The third kappa shape index (κ3) is 4.27. The molecule has 1 aliphatic rings. The van der Waals surface area contributed by atoms with Gasteiger partial charge in [-0.3, -0.25) is 4.68 Å². The average Bonchev–Trinajstić information content (AvgIpc) is 3.50. The van der Waals surface area contributed by atoms with Crippen LogP contribution in [-0.4, -0.2) is 71.2 Å². The third-order valence-corrected chi connectivity index (χ3v) is 6.13. The molecule has 0 spiro atoms. The molecule has 0 amide bonds. The molecule has 1 fully saturated rings. The van der Waals surface area contributed by atoms with Crippen molar-refractivity contribution in [1.29, 1.82) is 0 Å². The van der Waals surface area contributed by atoms with Crippen LogP contribution in [0.3, 0.4) is 0 Å². The fourth-order valence-corrected chi connectivity index (χ4v) is 4.55. The van der Waals surface area contributed by atoms with E-state index in [0.29, 0.717) is 48.8 Å². The van der Waals surface area contributed by atoms with Crippen LogP contribution in [0.1, 0.15) is 33.4 Å². The Balaban J connectivity index is 1.73. The molecule has 0 unspecified atom stereocenters. The molecule has 0 saturated carbocycles. The maximum absolute atomic E-state index is 12.1. The minimum Gasteiger partial charge on any atom is -0.463 e. The summed E-state index contributed by atoms with van der Waals surface area (Å²) in [4.78, 5) is 19.3. The van der Waals surface area contributed by atoms with E-state index >= 15 is 0 Å². The minimum absolute atomic E-state index is 0.0410. The first-order valence-corrected chi connectivity index (χ1v) is 11.7. The number of rotatable bonds is 4. The van der Waals surface area contributed by atoms with Gasteiger partial charge in [0.2, 0.25) is 0 Å². The number of aryl methyl sites for hydroxylation is 1. The molecule has 11 nitrogen and oxygen atoms in total. The van der Waals surface area contributed by atoms with Gasteiger partial charge in [0, 0.05) is 25.9 Å². The molecule has 1 atom stereocenters. The SMILES string of the molecule is C[C@@H]1COCCN1c1cc(-c2ccnn2C)n2ncc(-c3cc(CC(C)(C)C)nn3C(=O)O)c2n1. The zero-order valence-corrected chi connectivity index (χ0v) is 20.6. The number of fused-ring (bicyclic) bond motifs is 1. The van der Waals surface area contributed by atoms with Gasteiger partial charge < -0.3 is 14.7 Å². The fourth-order valence-electron chi connectivity index (χ4n) is 4.55. The highest BCUT2D eigenvalue weighted by Crippen LogP contribution is 2.32. The first kappa shape index (κ1) is 23.0. The van der Waals surface area contributed by atoms with Crippen molar-refractivity contribution in [2.75, 3.05) is 24.7 Å². The van der Waals surface area contributed by atoms with Crippen molar-refractivity contribution in [2.45, 2.75) is 40.2 Å². The second-order valence-electron chi connectivity index (χ2n) is 10.2. The molecule has 1 aliphatic heterocycles. The van der Waals surface area contributed by atoms with Gasteiger partial charge in [0.1, 0.15) is 5.82 Å². The lowest BCUT2D eigenvalue weighted by Gasteiger charge is -2.34. The van der Waals surface area contributed by atoms with E-state index in [1.54, 1.807) is 21.6 Å². The van der Waals surface area contributed by atoms with Crippen LogP contribution < -0.4 is 4.90 Å². The molecule has 1 saturated heterocycles. The van der Waals surface area contributed by atoms with E-state index in [-0.39, 0.29) is 11.5 Å². The molecule has 184 valence electrons. The Bertz CT molecular complexity index is 1390. The van der Waals surface area contributed by atoms with E-state index < -0.39 is 6.09 Å². The van der Waals surface area contributed by atoms with Crippen molar-refractivity contribution >= 4 is 17.6 Å². The second kappa shape index (κ2) is 8.49. The maximum atomic E-state index is 12.1.